The van der Waals surface area contributed by atoms with Crippen LogP contribution in [0.15, 0.2) is 12.2 Å². The molecule has 3 nitrogen and oxygen atoms in total. The van der Waals surface area contributed by atoms with Crippen molar-refractivity contribution < 1.29 is 14.0 Å². The van der Waals surface area contributed by atoms with E-state index in [0.29, 0.717) is 12.8 Å². The van der Waals surface area contributed by atoms with Gasteiger partial charge in [0, 0.05) is 6.16 Å². The van der Waals surface area contributed by atoms with E-state index >= 15 is 0 Å². The second-order valence-corrected chi connectivity index (χ2v) is 12.3. The monoisotopic (exact) mass is 500 g/mol. The number of hydrogen-bond donors (Lipinski definition) is 1. The SMILES string of the molecule is CCCCCCCC/C=C\CCCCCCCCP(=O)(O)OCCCCCCCCCCCC. The summed E-state index contributed by atoms with van der Waals surface area (Å²) in [5.41, 5.74) is 0. The molecule has 0 aliphatic rings. The van der Waals surface area contributed by atoms with Gasteiger partial charge in [-0.2, -0.15) is 0 Å². The Labute approximate surface area is 214 Å². The van der Waals surface area contributed by atoms with Crippen molar-refractivity contribution in [1.82, 2.24) is 0 Å². The summed E-state index contributed by atoms with van der Waals surface area (Å²) in [6.07, 6.45) is 35.2. The van der Waals surface area contributed by atoms with Gasteiger partial charge in [0.05, 0.1) is 6.61 Å². The fourth-order valence-corrected chi connectivity index (χ4v) is 5.59. The van der Waals surface area contributed by atoms with Crippen LogP contribution in [0, 0.1) is 0 Å². The Bertz CT molecular complexity index is 464. The van der Waals surface area contributed by atoms with Crippen molar-refractivity contribution in [2.45, 2.75) is 168 Å². The molecule has 0 rings (SSSR count). The number of hydrogen-bond acceptors (Lipinski definition) is 2. The normalized spacial score (nSPS) is 13.6. The highest BCUT2D eigenvalue weighted by Crippen LogP contribution is 2.43. The van der Waals surface area contributed by atoms with E-state index in [-0.39, 0.29) is 0 Å². The predicted molar refractivity (Wildman–Crippen MR) is 152 cm³/mol. The third kappa shape index (κ3) is 28.1. The molecule has 4 heteroatoms. The van der Waals surface area contributed by atoms with Gasteiger partial charge in [-0.25, -0.2) is 0 Å². The van der Waals surface area contributed by atoms with Crippen molar-refractivity contribution in [3.05, 3.63) is 12.2 Å². The molecule has 0 amide bonds. The van der Waals surface area contributed by atoms with Gasteiger partial charge in [0.1, 0.15) is 0 Å². The van der Waals surface area contributed by atoms with Crippen LogP contribution in [0.25, 0.3) is 0 Å². The smallest absolute Gasteiger partial charge is 0.324 e. The van der Waals surface area contributed by atoms with E-state index in [2.05, 4.69) is 26.0 Å². The standard InChI is InChI=1S/C30H61O3P/c1-3-5-7-9-11-13-15-16-17-18-19-20-22-24-26-28-30-34(31,32)33-29-27-25-23-21-14-12-10-8-6-4-2/h16-17H,3-15,18-30H2,1-2H3,(H,31,32)/b17-16-. The van der Waals surface area contributed by atoms with Gasteiger partial charge in [-0.3, -0.25) is 4.57 Å². The molecule has 0 aliphatic carbocycles. The van der Waals surface area contributed by atoms with Crippen LogP contribution in [-0.2, 0) is 9.09 Å². The lowest BCUT2D eigenvalue weighted by Gasteiger charge is -2.12. The summed E-state index contributed by atoms with van der Waals surface area (Å²) in [5, 5.41) is 0. The zero-order chi connectivity index (χ0) is 25.0. The molecule has 0 fully saturated rings. The zero-order valence-corrected chi connectivity index (χ0v) is 24.1. The topological polar surface area (TPSA) is 46.5 Å². The number of rotatable bonds is 28. The number of unbranched alkanes of at least 4 members (excludes halogenated alkanes) is 21. The van der Waals surface area contributed by atoms with Gasteiger partial charge in [-0.15, -0.1) is 0 Å². The minimum absolute atomic E-state index is 0.325. The van der Waals surface area contributed by atoms with E-state index in [0.717, 1.165) is 25.7 Å². The van der Waals surface area contributed by atoms with E-state index in [1.807, 2.05) is 0 Å². The van der Waals surface area contributed by atoms with Crippen LogP contribution in [0.3, 0.4) is 0 Å². The molecule has 0 aliphatic heterocycles. The largest absolute Gasteiger partial charge is 0.328 e. The third-order valence-corrected chi connectivity index (χ3v) is 8.21. The minimum atomic E-state index is -3.37. The van der Waals surface area contributed by atoms with Crippen molar-refractivity contribution in [3.8, 4) is 0 Å². The molecular weight excluding hydrogens is 439 g/mol. The first kappa shape index (κ1) is 33.9. The van der Waals surface area contributed by atoms with Gasteiger partial charge in [-0.1, -0.05) is 142 Å². The van der Waals surface area contributed by atoms with Crippen molar-refractivity contribution in [2.75, 3.05) is 12.8 Å². The van der Waals surface area contributed by atoms with E-state index in [4.69, 9.17) is 4.52 Å². The molecule has 0 aromatic rings. The molecule has 204 valence electrons. The summed E-state index contributed by atoms with van der Waals surface area (Å²) in [4.78, 5) is 10.00. The Hall–Kier alpha value is -0.110. The Morgan fingerprint density at radius 2 is 0.882 bits per heavy atom. The van der Waals surface area contributed by atoms with Crippen LogP contribution >= 0.6 is 7.60 Å². The Morgan fingerprint density at radius 1 is 0.529 bits per heavy atom. The molecule has 0 aromatic heterocycles. The molecule has 0 radical (unpaired) electrons. The van der Waals surface area contributed by atoms with E-state index < -0.39 is 7.60 Å². The molecule has 0 saturated carbocycles. The van der Waals surface area contributed by atoms with Gasteiger partial charge >= 0.3 is 7.60 Å². The van der Waals surface area contributed by atoms with Crippen LogP contribution in [-0.4, -0.2) is 17.7 Å². The summed E-state index contributed by atoms with van der Waals surface area (Å²) in [5.74, 6) is 0. The quantitative estimate of drug-likeness (QED) is 0.0660. The van der Waals surface area contributed by atoms with Crippen LogP contribution in [0.4, 0.5) is 0 Å². The summed E-state index contributed by atoms with van der Waals surface area (Å²) < 4.78 is 17.5. The van der Waals surface area contributed by atoms with Crippen molar-refractivity contribution in [3.63, 3.8) is 0 Å². The second-order valence-electron chi connectivity index (χ2n) is 10.3. The molecule has 0 bridgehead atoms. The molecule has 1 atom stereocenters. The highest BCUT2D eigenvalue weighted by molar-refractivity contribution is 7.52. The first-order valence-electron chi connectivity index (χ1n) is 15.2. The molecule has 1 unspecified atom stereocenters. The summed E-state index contributed by atoms with van der Waals surface area (Å²) in [6, 6.07) is 0. The fourth-order valence-electron chi connectivity index (χ4n) is 4.42. The second kappa shape index (κ2) is 27.5. The first-order chi connectivity index (χ1) is 16.6. The molecular formula is C30H61O3P. The average Bonchev–Trinajstić information content (AvgIpc) is 2.82. The lowest BCUT2D eigenvalue weighted by molar-refractivity contribution is 0.251. The van der Waals surface area contributed by atoms with Gasteiger partial charge in [-0.05, 0) is 38.5 Å². The molecule has 0 aromatic carbocycles. The highest BCUT2D eigenvalue weighted by atomic mass is 31.2. The summed E-state index contributed by atoms with van der Waals surface area (Å²) in [6.45, 7) is 4.97. The summed E-state index contributed by atoms with van der Waals surface area (Å²) in [7, 11) is -3.37. The average molecular weight is 501 g/mol. The van der Waals surface area contributed by atoms with Gasteiger partial charge < -0.3 is 9.42 Å². The van der Waals surface area contributed by atoms with Crippen molar-refractivity contribution >= 4 is 7.60 Å². The predicted octanol–water partition coefficient (Wildman–Crippen LogP) is 11.1. The van der Waals surface area contributed by atoms with E-state index in [9.17, 15) is 9.46 Å². The maximum Gasteiger partial charge on any atom is 0.328 e. The molecule has 1 N–H and O–H groups in total. The Morgan fingerprint density at radius 3 is 1.32 bits per heavy atom. The van der Waals surface area contributed by atoms with Gasteiger partial charge in [0.15, 0.2) is 0 Å². The Kier molecular flexibility index (Phi) is 27.4. The van der Waals surface area contributed by atoms with Crippen LogP contribution in [0.5, 0.6) is 0 Å². The van der Waals surface area contributed by atoms with Crippen molar-refractivity contribution in [2.24, 2.45) is 0 Å². The molecule has 34 heavy (non-hydrogen) atoms. The fraction of sp³-hybridized carbons (Fsp3) is 0.933. The van der Waals surface area contributed by atoms with Crippen LogP contribution in [0.2, 0.25) is 0 Å². The lowest BCUT2D eigenvalue weighted by atomic mass is 10.1. The van der Waals surface area contributed by atoms with Crippen molar-refractivity contribution in [1.29, 1.82) is 0 Å². The summed E-state index contributed by atoms with van der Waals surface area (Å²) >= 11 is 0. The third-order valence-electron chi connectivity index (χ3n) is 6.74. The minimum Gasteiger partial charge on any atom is -0.324 e. The molecule has 0 heterocycles. The van der Waals surface area contributed by atoms with E-state index in [1.165, 1.54) is 128 Å². The molecule has 0 saturated heterocycles. The van der Waals surface area contributed by atoms with E-state index in [1.54, 1.807) is 0 Å². The first-order valence-corrected chi connectivity index (χ1v) is 17.0. The highest BCUT2D eigenvalue weighted by Gasteiger charge is 2.17. The maximum atomic E-state index is 12.1. The van der Waals surface area contributed by atoms with Crippen LogP contribution in [0.1, 0.15) is 168 Å². The maximum absolute atomic E-state index is 12.1. The van der Waals surface area contributed by atoms with Gasteiger partial charge in [0.25, 0.3) is 0 Å². The number of allylic oxidation sites excluding steroid dienone is 2. The zero-order valence-electron chi connectivity index (χ0n) is 23.3. The molecule has 0 spiro atoms. The van der Waals surface area contributed by atoms with Crippen LogP contribution < -0.4 is 0 Å². The Balaban J connectivity index is 3.34. The lowest BCUT2D eigenvalue weighted by Crippen LogP contribution is -1.97. The van der Waals surface area contributed by atoms with Gasteiger partial charge in [0.2, 0.25) is 0 Å².